The molecule has 1 saturated heterocycles. The van der Waals surface area contributed by atoms with Gasteiger partial charge in [0, 0.05) is 32.2 Å². The van der Waals surface area contributed by atoms with E-state index in [-0.39, 0.29) is 28.4 Å². The van der Waals surface area contributed by atoms with Gasteiger partial charge in [0.05, 0.1) is 21.5 Å². The summed E-state index contributed by atoms with van der Waals surface area (Å²) in [5.41, 5.74) is 0. The number of benzene rings is 1. The van der Waals surface area contributed by atoms with E-state index in [9.17, 15) is 13.2 Å². The van der Waals surface area contributed by atoms with E-state index in [1.165, 1.54) is 22.5 Å². The molecule has 0 saturated carbocycles. The maximum Gasteiger partial charge on any atom is 0.243 e. The predicted molar refractivity (Wildman–Crippen MR) is 94.9 cm³/mol. The summed E-state index contributed by atoms with van der Waals surface area (Å²) in [6.07, 6.45) is 0. The number of hydrogen-bond donors (Lipinski definition) is 1. The second kappa shape index (κ2) is 8.01. The first-order valence-electron chi connectivity index (χ1n) is 7.67. The fourth-order valence-electron chi connectivity index (χ4n) is 2.49. The zero-order valence-electron chi connectivity index (χ0n) is 13.6. The van der Waals surface area contributed by atoms with Crippen molar-refractivity contribution in [3.8, 4) is 0 Å². The number of piperazine rings is 1. The first-order valence-corrected chi connectivity index (χ1v) is 9.86. The number of carbonyl (C=O) groups excluding carboxylic acids is 1. The molecule has 0 spiro atoms. The van der Waals surface area contributed by atoms with E-state index < -0.39 is 10.0 Å². The van der Waals surface area contributed by atoms with Crippen molar-refractivity contribution in [2.75, 3.05) is 32.7 Å². The Morgan fingerprint density at radius 3 is 2.33 bits per heavy atom. The van der Waals surface area contributed by atoms with E-state index in [1.54, 1.807) is 0 Å². The number of nitrogens with one attached hydrogen (secondary N) is 1. The van der Waals surface area contributed by atoms with Crippen molar-refractivity contribution < 1.29 is 13.2 Å². The van der Waals surface area contributed by atoms with Crippen LogP contribution in [0.1, 0.15) is 13.8 Å². The average Bonchev–Trinajstić information content (AvgIpc) is 2.49. The van der Waals surface area contributed by atoms with Crippen LogP contribution in [0.3, 0.4) is 0 Å². The van der Waals surface area contributed by atoms with Gasteiger partial charge < -0.3 is 5.32 Å². The van der Waals surface area contributed by atoms with E-state index in [2.05, 4.69) is 5.32 Å². The summed E-state index contributed by atoms with van der Waals surface area (Å²) >= 11 is 11.7. The van der Waals surface area contributed by atoms with Crippen molar-refractivity contribution in [3.05, 3.63) is 28.2 Å². The van der Waals surface area contributed by atoms with Gasteiger partial charge in [0.1, 0.15) is 0 Å². The Morgan fingerprint density at radius 1 is 1.17 bits per heavy atom. The molecule has 0 radical (unpaired) electrons. The third-order valence-electron chi connectivity index (χ3n) is 3.68. The van der Waals surface area contributed by atoms with Crippen LogP contribution >= 0.6 is 23.2 Å². The van der Waals surface area contributed by atoms with Gasteiger partial charge in [-0.2, -0.15) is 4.31 Å². The van der Waals surface area contributed by atoms with Gasteiger partial charge in [0.15, 0.2) is 0 Å². The molecule has 0 aliphatic carbocycles. The van der Waals surface area contributed by atoms with Crippen LogP contribution in [-0.2, 0) is 14.8 Å². The molecule has 0 bridgehead atoms. The Hall–Kier alpha value is -0.860. The lowest BCUT2D eigenvalue weighted by molar-refractivity contribution is -0.123. The second-order valence-electron chi connectivity index (χ2n) is 5.98. The maximum absolute atomic E-state index is 12.7. The fourth-order valence-corrected chi connectivity index (χ4v) is 4.30. The highest BCUT2D eigenvalue weighted by Crippen LogP contribution is 2.26. The normalized spacial score (nSPS) is 17.2. The summed E-state index contributed by atoms with van der Waals surface area (Å²) in [4.78, 5) is 13.8. The van der Waals surface area contributed by atoms with Crippen LogP contribution in [0, 0.1) is 0 Å². The van der Waals surface area contributed by atoms with E-state index in [4.69, 9.17) is 23.2 Å². The minimum atomic E-state index is -3.61. The largest absolute Gasteiger partial charge is 0.353 e. The minimum absolute atomic E-state index is 0.0502. The van der Waals surface area contributed by atoms with E-state index in [0.29, 0.717) is 31.2 Å². The van der Waals surface area contributed by atoms with E-state index in [1.807, 2.05) is 18.7 Å². The molecule has 1 amide bonds. The number of nitrogens with zero attached hydrogens (tertiary/aromatic N) is 2. The topological polar surface area (TPSA) is 69.7 Å². The lowest BCUT2D eigenvalue weighted by Gasteiger charge is -2.33. The zero-order chi connectivity index (χ0) is 17.9. The molecule has 24 heavy (non-hydrogen) atoms. The Labute approximate surface area is 152 Å². The monoisotopic (exact) mass is 393 g/mol. The van der Waals surface area contributed by atoms with Crippen LogP contribution in [0.25, 0.3) is 0 Å². The molecule has 0 unspecified atom stereocenters. The summed E-state index contributed by atoms with van der Waals surface area (Å²) in [5, 5.41) is 3.36. The van der Waals surface area contributed by atoms with Gasteiger partial charge in [-0.25, -0.2) is 8.42 Å². The molecule has 6 nitrogen and oxygen atoms in total. The quantitative estimate of drug-likeness (QED) is 0.827. The molecule has 2 rings (SSSR count). The fraction of sp³-hybridized carbons (Fsp3) is 0.533. The minimum Gasteiger partial charge on any atom is -0.353 e. The maximum atomic E-state index is 12.7. The first kappa shape index (κ1) is 19.5. The summed E-state index contributed by atoms with van der Waals surface area (Å²) in [5.74, 6) is -0.0502. The average molecular weight is 394 g/mol. The molecule has 0 aromatic heterocycles. The Kier molecular flexibility index (Phi) is 6.50. The number of carbonyl (C=O) groups is 1. The van der Waals surface area contributed by atoms with Gasteiger partial charge in [-0.15, -0.1) is 0 Å². The summed E-state index contributed by atoms with van der Waals surface area (Å²) < 4.78 is 26.7. The Balaban J connectivity index is 1.98. The van der Waals surface area contributed by atoms with Crippen LogP contribution < -0.4 is 5.32 Å². The van der Waals surface area contributed by atoms with Crippen LogP contribution in [-0.4, -0.2) is 62.3 Å². The zero-order valence-corrected chi connectivity index (χ0v) is 16.0. The van der Waals surface area contributed by atoms with E-state index >= 15 is 0 Å². The molecule has 0 atom stereocenters. The van der Waals surface area contributed by atoms with Crippen LogP contribution in [0.5, 0.6) is 0 Å². The van der Waals surface area contributed by atoms with Crippen molar-refractivity contribution >= 4 is 39.1 Å². The third-order valence-corrected chi connectivity index (χ3v) is 6.31. The summed E-state index contributed by atoms with van der Waals surface area (Å²) in [6, 6.07) is 4.38. The highest BCUT2D eigenvalue weighted by molar-refractivity contribution is 7.89. The van der Waals surface area contributed by atoms with Crippen LogP contribution in [0.2, 0.25) is 10.0 Å². The Bertz CT molecular complexity index is 702. The molecule has 1 aromatic rings. The molecule has 134 valence electrons. The number of halogens is 2. The van der Waals surface area contributed by atoms with E-state index in [0.717, 1.165) is 0 Å². The third kappa shape index (κ3) is 4.83. The first-order chi connectivity index (χ1) is 11.2. The van der Waals surface area contributed by atoms with Crippen molar-refractivity contribution in [1.29, 1.82) is 0 Å². The van der Waals surface area contributed by atoms with Gasteiger partial charge in [-0.3, -0.25) is 9.69 Å². The molecule has 1 aromatic carbocycles. The molecule has 1 N–H and O–H groups in total. The van der Waals surface area contributed by atoms with Crippen molar-refractivity contribution in [1.82, 2.24) is 14.5 Å². The second-order valence-corrected chi connectivity index (χ2v) is 8.73. The predicted octanol–water partition coefficient (Wildman–Crippen LogP) is 1.82. The van der Waals surface area contributed by atoms with Gasteiger partial charge in [-0.1, -0.05) is 23.2 Å². The molecule has 1 fully saturated rings. The van der Waals surface area contributed by atoms with Crippen molar-refractivity contribution in [2.24, 2.45) is 0 Å². The molecule has 1 aliphatic rings. The van der Waals surface area contributed by atoms with Gasteiger partial charge in [-0.05, 0) is 32.0 Å². The van der Waals surface area contributed by atoms with Crippen molar-refractivity contribution in [3.63, 3.8) is 0 Å². The smallest absolute Gasteiger partial charge is 0.243 e. The summed E-state index contributed by atoms with van der Waals surface area (Å²) in [6.45, 7) is 5.76. The van der Waals surface area contributed by atoms with Gasteiger partial charge in [0.2, 0.25) is 15.9 Å². The SMILES string of the molecule is CC(C)NC(=O)CN1CCN(S(=O)(=O)c2ccc(Cl)c(Cl)c2)CC1. The van der Waals surface area contributed by atoms with Crippen LogP contribution in [0.4, 0.5) is 0 Å². The molecular weight excluding hydrogens is 373 g/mol. The molecule has 1 aliphatic heterocycles. The van der Waals surface area contributed by atoms with Crippen LogP contribution in [0.15, 0.2) is 23.1 Å². The van der Waals surface area contributed by atoms with Crippen molar-refractivity contribution in [2.45, 2.75) is 24.8 Å². The number of amides is 1. The lowest BCUT2D eigenvalue weighted by atomic mass is 10.3. The standard InChI is InChI=1S/C15H21Cl2N3O3S/c1-11(2)18-15(21)10-19-5-7-20(8-6-19)24(22,23)12-3-4-13(16)14(17)9-12/h3-4,9,11H,5-8,10H2,1-2H3,(H,18,21). The molecule has 1 heterocycles. The van der Waals surface area contributed by atoms with Gasteiger partial charge in [0.25, 0.3) is 0 Å². The molecular formula is C15H21Cl2N3O3S. The highest BCUT2D eigenvalue weighted by Gasteiger charge is 2.29. The van der Waals surface area contributed by atoms with Gasteiger partial charge >= 0.3 is 0 Å². The molecule has 9 heteroatoms. The number of sulfonamides is 1. The highest BCUT2D eigenvalue weighted by atomic mass is 35.5. The summed E-state index contributed by atoms with van der Waals surface area (Å²) in [7, 11) is -3.61. The lowest BCUT2D eigenvalue weighted by Crippen LogP contribution is -2.51. The number of hydrogen-bond acceptors (Lipinski definition) is 4. The number of rotatable bonds is 5. The Morgan fingerprint density at radius 2 is 1.79 bits per heavy atom.